The molecule has 1 aromatic rings. The molecule has 0 aliphatic heterocycles. The van der Waals surface area contributed by atoms with Crippen LogP contribution in [0.2, 0.25) is 0 Å². The van der Waals surface area contributed by atoms with Crippen LogP contribution >= 0.6 is 11.3 Å². The van der Waals surface area contributed by atoms with Gasteiger partial charge in [-0.05, 0) is 11.4 Å². The Morgan fingerprint density at radius 1 is 1.73 bits per heavy atom. The van der Waals surface area contributed by atoms with E-state index in [1.54, 1.807) is 17.5 Å². The maximum atomic E-state index is 10.9. The fourth-order valence-corrected chi connectivity index (χ4v) is 2.05. The molecule has 0 aromatic carbocycles. The van der Waals surface area contributed by atoms with Gasteiger partial charge in [-0.3, -0.25) is 0 Å². The van der Waals surface area contributed by atoms with Crippen molar-refractivity contribution in [3.05, 3.63) is 17.5 Å². The third-order valence-electron chi connectivity index (χ3n) is 0.858. The number of carboxylic acid groups (broad SMARTS) is 1. The smallest absolute Gasteiger partial charge is 0.416 e. The van der Waals surface area contributed by atoms with Gasteiger partial charge < -0.3 is 5.11 Å². The molecular formula is C5H5NO3S2. The van der Waals surface area contributed by atoms with Gasteiger partial charge in [-0.1, -0.05) is 6.07 Å². The molecule has 0 aliphatic rings. The summed E-state index contributed by atoms with van der Waals surface area (Å²) in [5.41, 5.74) is 0. The van der Waals surface area contributed by atoms with Crippen molar-refractivity contribution in [2.24, 2.45) is 0 Å². The molecule has 0 radical (unpaired) electrons. The number of rotatable bonds is 2. The van der Waals surface area contributed by atoms with Gasteiger partial charge in [0.2, 0.25) is 0 Å². The Labute approximate surface area is 69.5 Å². The van der Waals surface area contributed by atoms with Crippen molar-refractivity contribution in [2.45, 2.75) is 4.21 Å². The lowest BCUT2D eigenvalue weighted by Crippen LogP contribution is -2.22. The van der Waals surface area contributed by atoms with Gasteiger partial charge in [-0.2, -0.15) is 0 Å². The molecule has 6 heteroatoms. The van der Waals surface area contributed by atoms with Crippen molar-refractivity contribution in [2.75, 3.05) is 0 Å². The second kappa shape index (κ2) is 3.49. The van der Waals surface area contributed by atoms with Crippen LogP contribution in [-0.2, 0) is 11.0 Å². The van der Waals surface area contributed by atoms with Crippen molar-refractivity contribution >= 4 is 28.4 Å². The van der Waals surface area contributed by atoms with E-state index >= 15 is 0 Å². The van der Waals surface area contributed by atoms with E-state index in [0.29, 0.717) is 4.21 Å². The van der Waals surface area contributed by atoms with Crippen LogP contribution in [0.4, 0.5) is 4.79 Å². The molecule has 1 atom stereocenters. The first kappa shape index (κ1) is 8.22. The molecule has 0 aliphatic carbocycles. The summed E-state index contributed by atoms with van der Waals surface area (Å²) in [6, 6.07) is 3.32. The molecule has 1 aromatic heterocycles. The van der Waals surface area contributed by atoms with Gasteiger partial charge in [-0.15, -0.1) is 11.3 Å². The Kier molecular flexibility index (Phi) is 2.61. The number of hydrogen-bond acceptors (Lipinski definition) is 3. The summed E-state index contributed by atoms with van der Waals surface area (Å²) < 4.78 is 13.3. The summed E-state index contributed by atoms with van der Waals surface area (Å²) in [5.74, 6) is 0. The van der Waals surface area contributed by atoms with Gasteiger partial charge >= 0.3 is 6.09 Å². The average Bonchev–Trinajstić information content (AvgIpc) is 2.35. The third kappa shape index (κ3) is 2.32. The van der Waals surface area contributed by atoms with E-state index < -0.39 is 17.1 Å². The summed E-state index contributed by atoms with van der Waals surface area (Å²) in [6.45, 7) is 0. The van der Waals surface area contributed by atoms with E-state index in [2.05, 4.69) is 0 Å². The Morgan fingerprint density at radius 2 is 2.45 bits per heavy atom. The summed E-state index contributed by atoms with van der Waals surface area (Å²) in [6.07, 6.45) is -1.28. The maximum Gasteiger partial charge on any atom is 0.416 e. The van der Waals surface area contributed by atoms with E-state index in [4.69, 9.17) is 5.11 Å². The van der Waals surface area contributed by atoms with E-state index in [1.165, 1.54) is 11.3 Å². The first-order valence-electron chi connectivity index (χ1n) is 2.65. The Balaban J connectivity index is 2.64. The van der Waals surface area contributed by atoms with Crippen molar-refractivity contribution < 1.29 is 14.1 Å². The molecule has 11 heavy (non-hydrogen) atoms. The molecule has 0 saturated heterocycles. The van der Waals surface area contributed by atoms with Crippen LogP contribution in [0, 0.1) is 0 Å². The zero-order valence-corrected chi connectivity index (χ0v) is 6.95. The number of nitrogens with one attached hydrogen (secondary N) is 1. The van der Waals surface area contributed by atoms with Crippen LogP contribution in [0.15, 0.2) is 21.7 Å². The predicted octanol–water partition coefficient (Wildman–Crippen LogP) is 1.04. The lowest BCUT2D eigenvalue weighted by atomic mass is 10.7. The standard InChI is InChI=1S/C5H5NO3S2/c7-5(8)6-11(9)4-2-1-3-10-4/h1-3,6H,(H,7,8). The molecular weight excluding hydrogens is 186 g/mol. The molecule has 60 valence electrons. The maximum absolute atomic E-state index is 10.9. The quantitative estimate of drug-likeness (QED) is 0.734. The number of hydrogen-bond donors (Lipinski definition) is 2. The summed E-state index contributed by atoms with van der Waals surface area (Å²) >= 11 is 1.25. The van der Waals surface area contributed by atoms with Gasteiger partial charge in [0.1, 0.15) is 4.21 Å². The Hall–Kier alpha value is -0.880. The van der Waals surface area contributed by atoms with Crippen molar-refractivity contribution in [3.8, 4) is 0 Å². The molecule has 4 nitrogen and oxygen atoms in total. The van der Waals surface area contributed by atoms with Gasteiger partial charge in [-0.25, -0.2) is 13.7 Å². The average molecular weight is 191 g/mol. The van der Waals surface area contributed by atoms with Crippen LogP contribution in [-0.4, -0.2) is 15.4 Å². The zero-order valence-electron chi connectivity index (χ0n) is 5.31. The minimum absolute atomic E-state index is 0.507. The first-order valence-corrected chi connectivity index (χ1v) is 4.68. The summed E-state index contributed by atoms with van der Waals surface area (Å²) in [7, 11) is -1.61. The highest BCUT2D eigenvalue weighted by Crippen LogP contribution is 2.11. The van der Waals surface area contributed by atoms with Crippen LogP contribution in [0.5, 0.6) is 0 Å². The van der Waals surface area contributed by atoms with Crippen molar-refractivity contribution in [1.29, 1.82) is 0 Å². The van der Waals surface area contributed by atoms with Gasteiger partial charge in [0.15, 0.2) is 11.0 Å². The Bertz CT molecular complexity index is 269. The highest BCUT2D eigenvalue weighted by molar-refractivity contribution is 7.85. The Morgan fingerprint density at radius 3 is 2.91 bits per heavy atom. The monoisotopic (exact) mass is 191 g/mol. The molecule has 0 fully saturated rings. The van der Waals surface area contributed by atoms with Crippen LogP contribution in [0.3, 0.4) is 0 Å². The second-order valence-electron chi connectivity index (χ2n) is 1.61. The lowest BCUT2D eigenvalue weighted by molar-refractivity contribution is 0.201. The summed E-state index contributed by atoms with van der Waals surface area (Å²) in [5, 5.41) is 9.92. The molecule has 1 rings (SSSR count). The van der Waals surface area contributed by atoms with Crippen LogP contribution in [0.25, 0.3) is 0 Å². The molecule has 1 amide bonds. The molecule has 0 spiro atoms. The number of carbonyl (C=O) groups is 1. The minimum Gasteiger partial charge on any atom is -0.464 e. The van der Waals surface area contributed by atoms with Crippen molar-refractivity contribution in [3.63, 3.8) is 0 Å². The lowest BCUT2D eigenvalue weighted by Gasteiger charge is -1.94. The molecule has 1 heterocycles. The molecule has 1 unspecified atom stereocenters. The van der Waals surface area contributed by atoms with Gasteiger partial charge in [0, 0.05) is 0 Å². The fourth-order valence-electron chi connectivity index (χ4n) is 0.499. The molecule has 0 bridgehead atoms. The SMILES string of the molecule is O=C(O)NS(=O)c1cccs1. The number of amides is 1. The first-order chi connectivity index (χ1) is 5.20. The highest BCUT2D eigenvalue weighted by atomic mass is 32.2. The summed E-state index contributed by atoms with van der Waals surface area (Å²) in [4.78, 5) is 10.0. The van der Waals surface area contributed by atoms with Gasteiger partial charge in [0.05, 0.1) is 0 Å². The fraction of sp³-hybridized carbons (Fsp3) is 0. The normalized spacial score (nSPS) is 12.4. The number of thiophene rings is 1. The largest absolute Gasteiger partial charge is 0.464 e. The van der Waals surface area contributed by atoms with E-state index in [0.717, 1.165) is 0 Å². The molecule has 0 saturated carbocycles. The molecule has 2 N–H and O–H groups in total. The predicted molar refractivity (Wildman–Crippen MR) is 41.9 cm³/mol. The van der Waals surface area contributed by atoms with Crippen LogP contribution < -0.4 is 4.72 Å². The minimum atomic E-state index is -1.61. The third-order valence-corrected chi connectivity index (χ3v) is 3.12. The topological polar surface area (TPSA) is 66.4 Å². The highest BCUT2D eigenvalue weighted by Gasteiger charge is 2.06. The van der Waals surface area contributed by atoms with E-state index in [9.17, 15) is 9.00 Å². The zero-order chi connectivity index (χ0) is 8.27. The van der Waals surface area contributed by atoms with Crippen LogP contribution in [0.1, 0.15) is 0 Å². The second-order valence-corrected chi connectivity index (χ2v) is 4.00. The van der Waals surface area contributed by atoms with E-state index in [1.807, 2.05) is 4.72 Å². The van der Waals surface area contributed by atoms with Crippen molar-refractivity contribution in [1.82, 2.24) is 4.72 Å². The van der Waals surface area contributed by atoms with Gasteiger partial charge in [0.25, 0.3) is 0 Å². The van der Waals surface area contributed by atoms with E-state index in [-0.39, 0.29) is 0 Å².